The summed E-state index contributed by atoms with van der Waals surface area (Å²) in [6.45, 7) is 5.24. The predicted molar refractivity (Wildman–Crippen MR) is 101 cm³/mol. The van der Waals surface area contributed by atoms with Crippen LogP contribution in [0.15, 0.2) is 4.99 Å². The van der Waals surface area contributed by atoms with E-state index in [4.69, 9.17) is 4.74 Å². The highest BCUT2D eigenvalue weighted by molar-refractivity contribution is 14.0. The number of likely N-dealkylation sites (N-methyl/N-ethyl adjacent to an activating group) is 1. The summed E-state index contributed by atoms with van der Waals surface area (Å²) in [7, 11) is 0.857. The van der Waals surface area contributed by atoms with Crippen LogP contribution in [0.3, 0.4) is 0 Å². The maximum absolute atomic E-state index is 11.2. The molecule has 1 fully saturated rings. The highest BCUT2D eigenvalue weighted by Gasteiger charge is 2.18. The van der Waals surface area contributed by atoms with Crippen molar-refractivity contribution in [3.8, 4) is 0 Å². The molecule has 0 amide bonds. The van der Waals surface area contributed by atoms with Gasteiger partial charge in [-0.25, -0.2) is 8.42 Å². The number of nitrogens with one attached hydrogen (secondary N) is 2. The number of ether oxygens (including phenoxy) is 1. The zero-order chi connectivity index (χ0) is 15.9. The van der Waals surface area contributed by atoms with Gasteiger partial charge in [-0.3, -0.25) is 4.99 Å². The second kappa shape index (κ2) is 10.6. The molecular weight excluding hydrogens is 419 g/mol. The maximum Gasteiger partial charge on any atom is 0.191 e. The van der Waals surface area contributed by atoms with Gasteiger partial charge in [-0.1, -0.05) is 0 Å². The van der Waals surface area contributed by atoms with Crippen molar-refractivity contribution < 1.29 is 13.2 Å². The molecule has 2 unspecified atom stereocenters. The average Bonchev–Trinajstić information content (AvgIpc) is 2.40. The minimum absolute atomic E-state index is 0. The number of nitrogens with zero attached hydrogens (tertiary/aromatic N) is 2. The lowest BCUT2D eigenvalue weighted by molar-refractivity contribution is -0.0161. The molecular formula is C13H29IN4O3S. The van der Waals surface area contributed by atoms with E-state index in [0.717, 1.165) is 19.7 Å². The Hall–Kier alpha value is -0.130. The lowest BCUT2D eigenvalue weighted by Crippen LogP contribution is -2.49. The highest BCUT2D eigenvalue weighted by Crippen LogP contribution is 2.01. The monoisotopic (exact) mass is 448 g/mol. The summed E-state index contributed by atoms with van der Waals surface area (Å²) >= 11 is 0. The Labute approximate surface area is 151 Å². The van der Waals surface area contributed by atoms with E-state index in [2.05, 4.69) is 27.6 Å². The number of rotatable bonds is 6. The second-order valence-electron chi connectivity index (χ2n) is 5.67. The first-order valence-corrected chi connectivity index (χ1v) is 9.31. The van der Waals surface area contributed by atoms with Gasteiger partial charge in [0.05, 0.1) is 18.5 Å². The molecule has 0 aliphatic carbocycles. The minimum Gasteiger partial charge on any atom is -0.374 e. The quantitative estimate of drug-likeness (QED) is 0.336. The fraction of sp³-hybridized carbons (Fsp3) is 0.923. The van der Waals surface area contributed by atoms with Gasteiger partial charge in [0, 0.05) is 39.0 Å². The Morgan fingerprint density at radius 2 is 2.18 bits per heavy atom. The zero-order valence-electron chi connectivity index (χ0n) is 13.8. The normalized spacial score (nSPS) is 21.8. The summed E-state index contributed by atoms with van der Waals surface area (Å²) in [6, 6.07) is 0.0425. The number of guanidine groups is 1. The van der Waals surface area contributed by atoms with E-state index in [1.807, 2.05) is 6.92 Å². The van der Waals surface area contributed by atoms with Crippen LogP contribution in [0.4, 0.5) is 0 Å². The van der Waals surface area contributed by atoms with Crippen LogP contribution in [0.5, 0.6) is 0 Å². The molecule has 22 heavy (non-hydrogen) atoms. The highest BCUT2D eigenvalue weighted by atomic mass is 127. The van der Waals surface area contributed by atoms with Gasteiger partial charge in [0.1, 0.15) is 9.84 Å². The van der Waals surface area contributed by atoms with Crippen LogP contribution in [0.25, 0.3) is 0 Å². The van der Waals surface area contributed by atoms with Gasteiger partial charge in [-0.2, -0.15) is 0 Å². The first kappa shape index (κ1) is 21.9. The molecule has 0 aromatic carbocycles. The molecule has 1 saturated heterocycles. The largest absolute Gasteiger partial charge is 0.374 e. The van der Waals surface area contributed by atoms with Crippen molar-refractivity contribution in [1.29, 1.82) is 0 Å². The Bertz CT molecular complexity index is 445. The molecule has 0 bridgehead atoms. The number of hydrogen-bond donors (Lipinski definition) is 2. The number of sulfone groups is 1. The second-order valence-corrected chi connectivity index (χ2v) is 7.93. The van der Waals surface area contributed by atoms with Crippen molar-refractivity contribution in [3.63, 3.8) is 0 Å². The predicted octanol–water partition coefficient (Wildman–Crippen LogP) is -0.0768. The number of halogens is 1. The van der Waals surface area contributed by atoms with Crippen molar-refractivity contribution in [2.24, 2.45) is 4.99 Å². The van der Waals surface area contributed by atoms with Crippen molar-refractivity contribution in [1.82, 2.24) is 15.5 Å². The summed E-state index contributed by atoms with van der Waals surface area (Å²) in [5, 5.41) is 6.42. The lowest BCUT2D eigenvalue weighted by atomic mass is 10.2. The molecule has 0 spiro atoms. The van der Waals surface area contributed by atoms with Crippen molar-refractivity contribution >= 4 is 39.8 Å². The Morgan fingerprint density at radius 3 is 2.73 bits per heavy atom. The molecule has 1 rings (SSSR count). The van der Waals surface area contributed by atoms with Crippen LogP contribution in [0, 0.1) is 0 Å². The van der Waals surface area contributed by atoms with E-state index < -0.39 is 9.84 Å². The third kappa shape index (κ3) is 9.80. The zero-order valence-corrected chi connectivity index (χ0v) is 17.0. The van der Waals surface area contributed by atoms with Gasteiger partial charge in [0.25, 0.3) is 0 Å². The number of morpholine rings is 1. The van der Waals surface area contributed by atoms with E-state index in [1.165, 1.54) is 6.26 Å². The van der Waals surface area contributed by atoms with Crippen molar-refractivity contribution in [2.75, 3.05) is 52.3 Å². The summed E-state index contributed by atoms with van der Waals surface area (Å²) in [5.74, 6) is 0.849. The summed E-state index contributed by atoms with van der Waals surface area (Å²) in [4.78, 5) is 6.39. The summed E-state index contributed by atoms with van der Waals surface area (Å²) < 4.78 is 28.0. The fourth-order valence-electron chi connectivity index (χ4n) is 2.09. The van der Waals surface area contributed by atoms with Crippen molar-refractivity contribution in [3.05, 3.63) is 0 Å². The van der Waals surface area contributed by atoms with E-state index in [1.54, 1.807) is 7.05 Å². The molecule has 0 aromatic rings. The fourth-order valence-corrected chi connectivity index (χ4v) is 2.87. The van der Waals surface area contributed by atoms with Crippen molar-refractivity contribution in [2.45, 2.75) is 25.5 Å². The van der Waals surface area contributed by atoms with Crippen LogP contribution >= 0.6 is 24.0 Å². The maximum atomic E-state index is 11.2. The van der Waals surface area contributed by atoms with E-state index in [-0.39, 0.29) is 41.9 Å². The molecule has 0 aromatic heterocycles. The molecule has 0 radical (unpaired) electrons. The van der Waals surface area contributed by atoms with E-state index in [0.29, 0.717) is 18.9 Å². The molecule has 9 heteroatoms. The van der Waals surface area contributed by atoms with Crippen LogP contribution in [0.1, 0.15) is 13.3 Å². The van der Waals surface area contributed by atoms with Crippen LogP contribution in [-0.4, -0.2) is 83.8 Å². The summed E-state index contributed by atoms with van der Waals surface area (Å²) in [6.07, 6.45) is 1.96. The van der Waals surface area contributed by atoms with Gasteiger partial charge in [0.2, 0.25) is 0 Å². The van der Waals surface area contributed by atoms with E-state index in [9.17, 15) is 8.42 Å². The van der Waals surface area contributed by atoms with Gasteiger partial charge < -0.3 is 20.3 Å². The first-order valence-electron chi connectivity index (χ1n) is 7.25. The van der Waals surface area contributed by atoms with Gasteiger partial charge in [0.15, 0.2) is 5.96 Å². The standard InChI is InChI=1S/C13H28N4O3S.HI/c1-11(5-8-21(4,18)19)16-13(14-2)15-9-12-10-17(3)6-7-20-12;/h11-12H,5-10H2,1-4H3,(H2,14,15,16);1H. The molecule has 2 atom stereocenters. The SMILES string of the molecule is CN=C(NCC1CN(C)CCO1)NC(C)CCS(C)(=O)=O.I. The van der Waals surface area contributed by atoms with Gasteiger partial charge in [-0.05, 0) is 20.4 Å². The smallest absolute Gasteiger partial charge is 0.191 e. The molecule has 1 aliphatic rings. The number of hydrogen-bond acceptors (Lipinski definition) is 5. The third-order valence-electron chi connectivity index (χ3n) is 3.37. The Morgan fingerprint density at radius 1 is 1.50 bits per heavy atom. The van der Waals surface area contributed by atoms with Crippen LogP contribution in [-0.2, 0) is 14.6 Å². The molecule has 2 N–H and O–H groups in total. The molecule has 0 saturated carbocycles. The first-order chi connectivity index (χ1) is 9.80. The third-order valence-corrected chi connectivity index (χ3v) is 4.34. The number of aliphatic imine (C=N–C) groups is 1. The van der Waals surface area contributed by atoms with Crippen LogP contribution in [0.2, 0.25) is 0 Å². The van der Waals surface area contributed by atoms with E-state index >= 15 is 0 Å². The Kier molecular flexibility index (Phi) is 10.5. The molecule has 132 valence electrons. The minimum atomic E-state index is -2.92. The molecule has 1 heterocycles. The van der Waals surface area contributed by atoms with Gasteiger partial charge >= 0.3 is 0 Å². The molecule has 1 aliphatic heterocycles. The van der Waals surface area contributed by atoms with Crippen LogP contribution < -0.4 is 10.6 Å². The topological polar surface area (TPSA) is 83.0 Å². The van der Waals surface area contributed by atoms with Gasteiger partial charge in [-0.15, -0.1) is 24.0 Å². The average molecular weight is 448 g/mol. The summed E-state index contributed by atoms with van der Waals surface area (Å²) in [5.41, 5.74) is 0. The lowest BCUT2D eigenvalue weighted by Gasteiger charge is -2.30. The Balaban J connectivity index is 0.00000441. The molecule has 7 nitrogen and oxygen atoms in total.